The highest BCUT2D eigenvalue weighted by Gasteiger charge is 2.14. The Labute approximate surface area is 153 Å². The zero-order valence-corrected chi connectivity index (χ0v) is 14.1. The molecule has 3 heterocycles. The number of anilines is 1. The molecule has 27 heavy (non-hydrogen) atoms. The van der Waals surface area contributed by atoms with Crippen molar-refractivity contribution in [2.45, 2.75) is 0 Å². The van der Waals surface area contributed by atoms with Crippen molar-refractivity contribution in [3.05, 3.63) is 78.8 Å². The summed E-state index contributed by atoms with van der Waals surface area (Å²) in [7, 11) is 0. The minimum Gasteiger partial charge on any atom is -0.459 e. The number of benzene rings is 2. The largest absolute Gasteiger partial charge is 0.459 e. The number of rotatable bonds is 3. The molecule has 5 aromatic rings. The van der Waals surface area contributed by atoms with E-state index in [1.54, 1.807) is 18.2 Å². The number of nitrogens with one attached hydrogen (secondary N) is 2. The van der Waals surface area contributed by atoms with Crippen LogP contribution in [0.3, 0.4) is 0 Å². The lowest BCUT2D eigenvalue weighted by molar-refractivity contribution is 0.0996. The van der Waals surface area contributed by atoms with E-state index in [1.165, 1.54) is 11.6 Å². The number of aromatic nitrogens is 3. The van der Waals surface area contributed by atoms with E-state index in [1.807, 2.05) is 24.3 Å². The molecular formula is C21H14N4O2. The van der Waals surface area contributed by atoms with E-state index >= 15 is 0 Å². The Morgan fingerprint density at radius 1 is 0.963 bits per heavy atom. The van der Waals surface area contributed by atoms with E-state index in [9.17, 15) is 4.79 Å². The molecule has 0 aliphatic heterocycles. The van der Waals surface area contributed by atoms with Gasteiger partial charge in [-0.25, -0.2) is 4.98 Å². The summed E-state index contributed by atoms with van der Waals surface area (Å²) >= 11 is 0. The van der Waals surface area contributed by atoms with Crippen LogP contribution in [0.15, 0.2) is 77.4 Å². The van der Waals surface area contributed by atoms with Crippen LogP contribution in [0.2, 0.25) is 0 Å². The number of carbonyl (C=O) groups is 1. The number of pyridine rings is 1. The molecule has 6 heteroatoms. The van der Waals surface area contributed by atoms with E-state index in [-0.39, 0.29) is 11.7 Å². The van der Waals surface area contributed by atoms with Crippen molar-refractivity contribution in [1.82, 2.24) is 15.2 Å². The van der Waals surface area contributed by atoms with Crippen LogP contribution in [0.5, 0.6) is 0 Å². The number of nitrogens with zero attached hydrogens (tertiary/aromatic N) is 2. The molecule has 0 bridgehead atoms. The first-order valence-electron chi connectivity index (χ1n) is 8.47. The Balaban J connectivity index is 1.55. The zero-order chi connectivity index (χ0) is 18.2. The van der Waals surface area contributed by atoms with Crippen LogP contribution in [0, 0.1) is 0 Å². The van der Waals surface area contributed by atoms with Gasteiger partial charge < -0.3 is 9.73 Å². The molecule has 2 N–H and O–H groups in total. The average Bonchev–Trinajstić information content (AvgIpc) is 3.37. The van der Waals surface area contributed by atoms with Gasteiger partial charge in [-0.2, -0.15) is 5.10 Å². The second-order valence-corrected chi connectivity index (χ2v) is 6.16. The average molecular weight is 354 g/mol. The number of hydrogen-bond acceptors (Lipinski definition) is 4. The molecular weight excluding hydrogens is 340 g/mol. The summed E-state index contributed by atoms with van der Waals surface area (Å²) in [5.74, 6) is 0.328. The van der Waals surface area contributed by atoms with Crippen molar-refractivity contribution in [3.8, 4) is 11.3 Å². The third-order valence-electron chi connectivity index (χ3n) is 4.42. The Morgan fingerprint density at radius 2 is 1.85 bits per heavy atom. The van der Waals surface area contributed by atoms with Crippen molar-refractivity contribution in [3.63, 3.8) is 0 Å². The minimum atomic E-state index is -0.345. The van der Waals surface area contributed by atoms with Gasteiger partial charge in [0.25, 0.3) is 5.91 Å². The molecule has 0 aliphatic carbocycles. The smallest absolute Gasteiger partial charge is 0.292 e. The van der Waals surface area contributed by atoms with E-state index in [4.69, 9.17) is 4.42 Å². The Bertz CT molecular complexity index is 1270. The van der Waals surface area contributed by atoms with Gasteiger partial charge in [-0.1, -0.05) is 36.4 Å². The lowest BCUT2D eigenvalue weighted by Crippen LogP contribution is -2.11. The molecule has 6 nitrogen and oxygen atoms in total. The van der Waals surface area contributed by atoms with Crippen LogP contribution in [-0.4, -0.2) is 21.1 Å². The topological polar surface area (TPSA) is 83.8 Å². The summed E-state index contributed by atoms with van der Waals surface area (Å²) in [5.41, 5.74) is 3.20. The number of aromatic amines is 1. The Morgan fingerprint density at radius 3 is 2.70 bits per heavy atom. The molecule has 1 amide bonds. The molecule has 0 unspecified atom stereocenters. The van der Waals surface area contributed by atoms with Gasteiger partial charge in [-0.05, 0) is 41.1 Å². The Hall–Kier alpha value is -3.93. The highest BCUT2D eigenvalue weighted by atomic mass is 16.3. The molecule has 0 saturated heterocycles. The van der Waals surface area contributed by atoms with Gasteiger partial charge in [-0.3, -0.25) is 9.89 Å². The zero-order valence-electron chi connectivity index (χ0n) is 14.1. The van der Waals surface area contributed by atoms with Gasteiger partial charge in [0.1, 0.15) is 17.0 Å². The van der Waals surface area contributed by atoms with Crippen LogP contribution < -0.4 is 5.32 Å². The highest BCUT2D eigenvalue weighted by Crippen LogP contribution is 2.28. The first-order chi connectivity index (χ1) is 13.3. The van der Waals surface area contributed by atoms with Gasteiger partial charge in [0.15, 0.2) is 5.76 Å². The predicted molar refractivity (Wildman–Crippen MR) is 103 cm³/mol. The molecule has 130 valence electrons. The fraction of sp³-hybridized carbons (Fsp3) is 0. The van der Waals surface area contributed by atoms with Crippen LogP contribution in [0.1, 0.15) is 10.6 Å². The molecule has 0 aliphatic rings. The van der Waals surface area contributed by atoms with Gasteiger partial charge in [0.05, 0.1) is 11.8 Å². The van der Waals surface area contributed by atoms with Gasteiger partial charge in [0, 0.05) is 5.56 Å². The predicted octanol–water partition coefficient (Wildman–Crippen LogP) is 4.62. The second-order valence-electron chi connectivity index (χ2n) is 6.16. The maximum absolute atomic E-state index is 12.2. The van der Waals surface area contributed by atoms with Crippen molar-refractivity contribution < 1.29 is 9.21 Å². The first kappa shape index (κ1) is 15.3. The molecule has 0 spiro atoms. The third kappa shape index (κ3) is 2.73. The van der Waals surface area contributed by atoms with Crippen molar-refractivity contribution in [2.24, 2.45) is 0 Å². The van der Waals surface area contributed by atoms with Crippen molar-refractivity contribution >= 4 is 33.5 Å². The SMILES string of the molecule is O=C(Nc1ccc2[nH]nc(-c3ccc4ccccc4c3)c2n1)c1ccco1. The fourth-order valence-electron chi connectivity index (χ4n) is 3.09. The summed E-state index contributed by atoms with van der Waals surface area (Å²) in [5, 5.41) is 12.5. The first-order valence-corrected chi connectivity index (χ1v) is 8.47. The summed E-state index contributed by atoms with van der Waals surface area (Å²) in [6, 6.07) is 21.2. The van der Waals surface area contributed by atoms with E-state index in [0.29, 0.717) is 11.3 Å². The number of carbonyl (C=O) groups excluding carboxylic acids is 1. The molecule has 0 saturated carbocycles. The maximum atomic E-state index is 12.2. The standard InChI is InChI=1S/C21H14N4O2/c26-21(17-6-3-11-27-17)23-18-10-9-16-20(22-18)19(25-24-16)15-8-7-13-4-1-2-5-14(13)12-15/h1-12H,(H,24,25)(H,22,23,26). The molecule has 0 atom stereocenters. The Kier molecular flexibility index (Phi) is 3.47. The lowest BCUT2D eigenvalue weighted by Gasteiger charge is -2.04. The highest BCUT2D eigenvalue weighted by molar-refractivity contribution is 6.02. The van der Waals surface area contributed by atoms with Gasteiger partial charge >= 0.3 is 0 Å². The molecule has 2 aromatic carbocycles. The van der Waals surface area contributed by atoms with E-state index in [0.717, 1.165) is 22.2 Å². The van der Waals surface area contributed by atoms with Gasteiger partial charge in [-0.15, -0.1) is 0 Å². The molecule has 0 radical (unpaired) electrons. The van der Waals surface area contributed by atoms with Crippen molar-refractivity contribution in [1.29, 1.82) is 0 Å². The summed E-state index contributed by atoms with van der Waals surface area (Å²) < 4.78 is 5.12. The second kappa shape index (κ2) is 6.10. The van der Waals surface area contributed by atoms with Crippen LogP contribution >= 0.6 is 0 Å². The number of H-pyrrole nitrogens is 1. The molecule has 3 aromatic heterocycles. The minimum absolute atomic E-state index is 0.235. The summed E-state index contributed by atoms with van der Waals surface area (Å²) in [6.07, 6.45) is 1.46. The van der Waals surface area contributed by atoms with E-state index in [2.05, 4.69) is 44.8 Å². The fourth-order valence-corrected chi connectivity index (χ4v) is 3.09. The lowest BCUT2D eigenvalue weighted by atomic mass is 10.0. The molecule has 5 rings (SSSR count). The number of hydrogen-bond donors (Lipinski definition) is 2. The quantitative estimate of drug-likeness (QED) is 0.495. The van der Waals surface area contributed by atoms with Crippen LogP contribution in [-0.2, 0) is 0 Å². The number of fused-ring (bicyclic) bond motifs is 2. The number of furan rings is 1. The van der Waals surface area contributed by atoms with Crippen LogP contribution in [0.4, 0.5) is 5.82 Å². The monoisotopic (exact) mass is 354 g/mol. The normalized spacial score (nSPS) is 11.1. The molecule has 0 fully saturated rings. The maximum Gasteiger partial charge on any atom is 0.292 e. The van der Waals surface area contributed by atoms with Crippen molar-refractivity contribution in [2.75, 3.05) is 5.32 Å². The summed E-state index contributed by atoms with van der Waals surface area (Å²) in [6.45, 7) is 0. The van der Waals surface area contributed by atoms with Gasteiger partial charge in [0.2, 0.25) is 0 Å². The summed E-state index contributed by atoms with van der Waals surface area (Å²) in [4.78, 5) is 16.8. The number of amides is 1. The van der Waals surface area contributed by atoms with E-state index < -0.39 is 0 Å². The van der Waals surface area contributed by atoms with Crippen LogP contribution in [0.25, 0.3) is 33.1 Å². The third-order valence-corrected chi connectivity index (χ3v) is 4.42.